The van der Waals surface area contributed by atoms with Crippen LogP contribution >= 0.6 is 46.6 Å². The van der Waals surface area contributed by atoms with E-state index in [9.17, 15) is 9.59 Å². The van der Waals surface area contributed by atoms with Gasteiger partial charge in [0.05, 0.1) is 33.1 Å². The van der Waals surface area contributed by atoms with Crippen LogP contribution in [0.3, 0.4) is 0 Å². The van der Waals surface area contributed by atoms with Crippen LogP contribution in [0.2, 0.25) is 15.1 Å². The third-order valence-corrected chi connectivity index (χ3v) is 6.31. The predicted molar refractivity (Wildman–Crippen MR) is 129 cm³/mol. The Balaban J connectivity index is 1.65. The number of aromatic nitrogens is 3. The second kappa shape index (κ2) is 11.0. The zero-order valence-corrected chi connectivity index (χ0v) is 20.3. The van der Waals surface area contributed by atoms with Gasteiger partial charge in [0.25, 0.3) is 5.91 Å². The Morgan fingerprint density at radius 1 is 1.09 bits per heavy atom. The lowest BCUT2D eigenvalue weighted by atomic mass is 10.2. The van der Waals surface area contributed by atoms with Crippen molar-refractivity contribution in [2.75, 3.05) is 11.1 Å². The average molecular weight is 513 g/mol. The predicted octanol–water partition coefficient (Wildman–Crippen LogP) is 5.48. The number of halogens is 3. The Morgan fingerprint density at radius 3 is 2.56 bits per heavy atom. The highest BCUT2D eigenvalue weighted by Gasteiger charge is 2.21. The molecule has 0 aliphatic rings. The molecule has 1 atom stereocenters. The molecule has 0 bridgehead atoms. The molecule has 11 heteroatoms. The maximum atomic E-state index is 12.6. The number of carbonyl (C=O) groups is 2. The first kappa shape index (κ1) is 24.4. The van der Waals surface area contributed by atoms with Crippen LogP contribution < -0.4 is 10.6 Å². The fourth-order valence-corrected chi connectivity index (χ4v) is 4.29. The molecule has 32 heavy (non-hydrogen) atoms. The van der Waals surface area contributed by atoms with Crippen LogP contribution in [0.25, 0.3) is 0 Å². The standard InChI is InChI=1S/C21H20Cl3N5O2S/c1-3-29-19(12(2)25-20(31)14-6-4-5-7-15(14)23)27-28-21(29)32-11-18(30)26-17-10-13(22)8-9-16(17)24/h4-10,12H,3,11H2,1-2H3,(H,25,31)(H,26,30)/t12-/m1/s1. The van der Waals surface area contributed by atoms with Crippen molar-refractivity contribution in [1.82, 2.24) is 20.1 Å². The van der Waals surface area contributed by atoms with Crippen molar-refractivity contribution in [3.8, 4) is 0 Å². The van der Waals surface area contributed by atoms with Crippen molar-refractivity contribution >= 4 is 64.1 Å². The quantitative estimate of drug-likeness (QED) is 0.390. The molecule has 0 fully saturated rings. The van der Waals surface area contributed by atoms with E-state index in [1.54, 1.807) is 42.5 Å². The number of nitrogens with one attached hydrogen (secondary N) is 2. The largest absolute Gasteiger partial charge is 0.342 e. The molecule has 2 N–H and O–H groups in total. The van der Waals surface area contributed by atoms with Gasteiger partial charge >= 0.3 is 0 Å². The van der Waals surface area contributed by atoms with Crippen LogP contribution in [0.4, 0.5) is 5.69 Å². The molecule has 0 spiro atoms. The van der Waals surface area contributed by atoms with Crippen LogP contribution in [0.5, 0.6) is 0 Å². The topological polar surface area (TPSA) is 88.9 Å². The van der Waals surface area contributed by atoms with Gasteiger partial charge < -0.3 is 15.2 Å². The average Bonchev–Trinajstić information content (AvgIpc) is 3.18. The van der Waals surface area contributed by atoms with E-state index in [-0.39, 0.29) is 17.6 Å². The normalized spacial score (nSPS) is 11.8. The summed E-state index contributed by atoms with van der Waals surface area (Å²) in [4.78, 5) is 24.9. The van der Waals surface area contributed by atoms with Gasteiger partial charge in [0.2, 0.25) is 5.91 Å². The highest BCUT2D eigenvalue weighted by molar-refractivity contribution is 7.99. The lowest BCUT2D eigenvalue weighted by molar-refractivity contribution is -0.113. The monoisotopic (exact) mass is 511 g/mol. The van der Waals surface area contributed by atoms with E-state index in [2.05, 4.69) is 20.8 Å². The Morgan fingerprint density at radius 2 is 1.84 bits per heavy atom. The Labute approximate surface area is 204 Å². The number of anilines is 1. The SMILES string of the molecule is CCn1c(SCC(=O)Nc2cc(Cl)ccc2Cl)nnc1[C@@H](C)NC(=O)c1ccccc1Cl. The van der Waals surface area contributed by atoms with Gasteiger partial charge in [-0.1, -0.05) is 58.7 Å². The third kappa shape index (κ3) is 5.95. The van der Waals surface area contributed by atoms with Crippen molar-refractivity contribution in [2.45, 2.75) is 31.6 Å². The summed E-state index contributed by atoms with van der Waals surface area (Å²) in [5.41, 5.74) is 0.827. The number of hydrogen-bond acceptors (Lipinski definition) is 5. The smallest absolute Gasteiger partial charge is 0.253 e. The van der Waals surface area contributed by atoms with Gasteiger partial charge in [0.15, 0.2) is 11.0 Å². The first-order chi connectivity index (χ1) is 15.3. The van der Waals surface area contributed by atoms with E-state index in [0.29, 0.717) is 43.8 Å². The molecule has 0 aliphatic heterocycles. The summed E-state index contributed by atoms with van der Waals surface area (Å²) in [5, 5.41) is 15.8. The summed E-state index contributed by atoms with van der Waals surface area (Å²) in [6.07, 6.45) is 0. The minimum absolute atomic E-state index is 0.0986. The van der Waals surface area contributed by atoms with Crippen LogP contribution in [0.15, 0.2) is 47.6 Å². The minimum atomic E-state index is -0.417. The van der Waals surface area contributed by atoms with E-state index < -0.39 is 6.04 Å². The van der Waals surface area contributed by atoms with Crippen LogP contribution in [-0.4, -0.2) is 32.3 Å². The number of amides is 2. The molecule has 7 nitrogen and oxygen atoms in total. The Kier molecular flexibility index (Phi) is 8.42. The summed E-state index contributed by atoms with van der Waals surface area (Å²) in [6, 6.07) is 11.2. The van der Waals surface area contributed by atoms with Crippen molar-refractivity contribution in [3.63, 3.8) is 0 Å². The Bertz CT molecular complexity index is 1140. The molecule has 0 aliphatic carbocycles. The molecule has 2 amide bonds. The summed E-state index contributed by atoms with van der Waals surface area (Å²) in [7, 11) is 0. The van der Waals surface area contributed by atoms with Crippen molar-refractivity contribution in [1.29, 1.82) is 0 Å². The second-order valence-corrected chi connectivity index (χ2v) is 8.91. The third-order valence-electron chi connectivity index (χ3n) is 4.45. The van der Waals surface area contributed by atoms with Crippen LogP contribution in [0.1, 0.15) is 36.1 Å². The lowest BCUT2D eigenvalue weighted by Gasteiger charge is -2.15. The van der Waals surface area contributed by atoms with Crippen LogP contribution in [0, 0.1) is 0 Å². The summed E-state index contributed by atoms with van der Waals surface area (Å²) in [6.45, 7) is 4.32. The minimum Gasteiger partial charge on any atom is -0.342 e. The van der Waals surface area contributed by atoms with Gasteiger partial charge in [0, 0.05) is 11.6 Å². The van der Waals surface area contributed by atoms with E-state index in [1.165, 1.54) is 11.8 Å². The number of rotatable bonds is 8. The number of hydrogen-bond donors (Lipinski definition) is 2. The second-order valence-electron chi connectivity index (χ2n) is 6.72. The summed E-state index contributed by atoms with van der Waals surface area (Å²) in [5.74, 6) is 0.113. The highest BCUT2D eigenvalue weighted by Crippen LogP contribution is 2.26. The molecule has 1 aromatic heterocycles. The zero-order valence-electron chi connectivity index (χ0n) is 17.2. The maximum Gasteiger partial charge on any atom is 0.253 e. The van der Waals surface area contributed by atoms with Crippen LogP contribution in [-0.2, 0) is 11.3 Å². The van der Waals surface area contributed by atoms with Gasteiger partial charge in [-0.15, -0.1) is 10.2 Å². The highest BCUT2D eigenvalue weighted by atomic mass is 35.5. The van der Waals surface area contributed by atoms with Crippen molar-refractivity contribution in [2.24, 2.45) is 0 Å². The van der Waals surface area contributed by atoms with Crippen molar-refractivity contribution < 1.29 is 9.59 Å². The molecular formula is C21H20Cl3N5O2S. The molecule has 0 radical (unpaired) electrons. The molecule has 1 heterocycles. The molecule has 0 saturated heterocycles. The van der Waals surface area contributed by atoms with Gasteiger partial charge in [0.1, 0.15) is 0 Å². The lowest BCUT2D eigenvalue weighted by Crippen LogP contribution is -2.29. The first-order valence-corrected chi connectivity index (χ1v) is 11.8. The molecule has 168 valence electrons. The van der Waals surface area contributed by atoms with Crippen molar-refractivity contribution in [3.05, 3.63) is 68.9 Å². The fraction of sp³-hybridized carbons (Fsp3) is 0.238. The Hall–Kier alpha value is -2.26. The number of carbonyl (C=O) groups excluding carboxylic acids is 2. The molecule has 0 unspecified atom stereocenters. The van der Waals surface area contributed by atoms with Gasteiger partial charge in [-0.25, -0.2) is 0 Å². The van der Waals surface area contributed by atoms with E-state index in [4.69, 9.17) is 34.8 Å². The molecule has 2 aromatic carbocycles. The first-order valence-electron chi connectivity index (χ1n) is 9.66. The zero-order chi connectivity index (χ0) is 23.3. The van der Waals surface area contributed by atoms with E-state index >= 15 is 0 Å². The molecular weight excluding hydrogens is 493 g/mol. The number of nitrogens with zero attached hydrogens (tertiary/aromatic N) is 3. The summed E-state index contributed by atoms with van der Waals surface area (Å²) >= 11 is 19.4. The van der Waals surface area contributed by atoms with Gasteiger partial charge in [-0.2, -0.15) is 0 Å². The maximum absolute atomic E-state index is 12.6. The molecule has 0 saturated carbocycles. The fourth-order valence-electron chi connectivity index (χ4n) is 2.92. The van der Waals surface area contributed by atoms with E-state index in [0.717, 1.165) is 0 Å². The van der Waals surface area contributed by atoms with Gasteiger partial charge in [-0.05, 0) is 44.2 Å². The molecule has 3 aromatic rings. The van der Waals surface area contributed by atoms with Gasteiger partial charge in [-0.3, -0.25) is 9.59 Å². The number of benzene rings is 2. The summed E-state index contributed by atoms with van der Waals surface area (Å²) < 4.78 is 1.85. The number of thioether (sulfide) groups is 1. The van der Waals surface area contributed by atoms with E-state index in [1.807, 2.05) is 18.4 Å². The molecule has 3 rings (SSSR count).